The second kappa shape index (κ2) is 8.02. The third-order valence-electron chi connectivity index (χ3n) is 4.93. The Labute approximate surface area is 167 Å². The molecular formula is C21H19FN6O. The first-order valence-corrected chi connectivity index (χ1v) is 9.24. The van der Waals surface area contributed by atoms with Gasteiger partial charge in [-0.05, 0) is 42.5 Å². The van der Waals surface area contributed by atoms with Gasteiger partial charge in [0, 0.05) is 49.1 Å². The van der Waals surface area contributed by atoms with E-state index in [-0.39, 0.29) is 17.3 Å². The van der Waals surface area contributed by atoms with Crippen LogP contribution in [-0.4, -0.2) is 47.2 Å². The van der Waals surface area contributed by atoms with Crippen molar-refractivity contribution in [1.82, 2.24) is 15.1 Å². The number of nitriles is 1. The fourth-order valence-corrected chi connectivity index (χ4v) is 3.31. The van der Waals surface area contributed by atoms with Crippen molar-refractivity contribution < 1.29 is 9.18 Å². The SMILES string of the molecule is N#C/C(=C/Nc1ccc2cn[nH]c2c1)C(=O)N1CCN(c2ccc(F)cc2)CC1. The number of benzene rings is 2. The fourth-order valence-electron chi connectivity index (χ4n) is 3.31. The van der Waals surface area contributed by atoms with E-state index in [1.54, 1.807) is 23.2 Å². The minimum Gasteiger partial charge on any atom is -0.368 e. The summed E-state index contributed by atoms with van der Waals surface area (Å²) in [6.07, 6.45) is 3.16. The summed E-state index contributed by atoms with van der Waals surface area (Å²) in [5.41, 5.74) is 2.59. The molecule has 1 aliphatic heterocycles. The Morgan fingerprint density at radius 1 is 1.17 bits per heavy atom. The van der Waals surface area contributed by atoms with Gasteiger partial charge in [0.1, 0.15) is 17.5 Å². The number of amides is 1. The predicted octanol–water partition coefficient (Wildman–Crippen LogP) is 2.87. The van der Waals surface area contributed by atoms with Crippen LogP contribution in [0.2, 0.25) is 0 Å². The van der Waals surface area contributed by atoms with E-state index in [4.69, 9.17) is 0 Å². The van der Waals surface area contributed by atoms with Gasteiger partial charge in [0.2, 0.25) is 0 Å². The number of anilines is 2. The van der Waals surface area contributed by atoms with E-state index in [1.165, 1.54) is 18.3 Å². The van der Waals surface area contributed by atoms with E-state index in [2.05, 4.69) is 20.4 Å². The van der Waals surface area contributed by atoms with E-state index in [0.717, 1.165) is 22.3 Å². The standard InChI is InChI=1S/C21H19FN6O/c22-17-2-5-19(6-3-17)27-7-9-28(10-8-27)21(29)16(12-23)13-24-18-4-1-15-14-25-26-20(15)11-18/h1-6,11,13-14,24H,7-10H2,(H,25,26)/b16-13-. The Morgan fingerprint density at radius 2 is 1.93 bits per heavy atom. The van der Waals surface area contributed by atoms with Crippen molar-refractivity contribution in [2.24, 2.45) is 0 Å². The molecule has 0 unspecified atom stereocenters. The highest BCUT2D eigenvalue weighted by atomic mass is 19.1. The number of aromatic nitrogens is 2. The van der Waals surface area contributed by atoms with E-state index in [0.29, 0.717) is 26.2 Å². The summed E-state index contributed by atoms with van der Waals surface area (Å²) in [6.45, 7) is 2.24. The van der Waals surface area contributed by atoms with Crippen molar-refractivity contribution in [2.45, 2.75) is 0 Å². The van der Waals surface area contributed by atoms with Gasteiger partial charge in [0.25, 0.3) is 5.91 Å². The predicted molar refractivity (Wildman–Crippen MR) is 109 cm³/mol. The van der Waals surface area contributed by atoms with Crippen LogP contribution in [-0.2, 0) is 4.79 Å². The van der Waals surface area contributed by atoms with Crippen LogP contribution >= 0.6 is 0 Å². The second-order valence-electron chi connectivity index (χ2n) is 6.74. The van der Waals surface area contributed by atoms with Gasteiger partial charge in [-0.2, -0.15) is 10.4 Å². The monoisotopic (exact) mass is 390 g/mol. The third-order valence-corrected chi connectivity index (χ3v) is 4.93. The molecule has 0 radical (unpaired) electrons. The number of carbonyl (C=O) groups is 1. The van der Waals surface area contributed by atoms with Gasteiger partial charge in [-0.15, -0.1) is 0 Å². The molecule has 0 atom stereocenters. The molecule has 146 valence electrons. The number of nitrogens with zero attached hydrogens (tertiary/aromatic N) is 4. The molecule has 1 amide bonds. The van der Waals surface area contributed by atoms with Gasteiger partial charge in [-0.3, -0.25) is 9.89 Å². The molecule has 1 fully saturated rings. The summed E-state index contributed by atoms with van der Waals surface area (Å²) in [5.74, 6) is -0.577. The molecule has 1 aliphatic rings. The highest BCUT2D eigenvalue weighted by Gasteiger charge is 2.23. The normalized spacial score (nSPS) is 14.7. The van der Waals surface area contributed by atoms with Gasteiger partial charge in [-0.25, -0.2) is 4.39 Å². The van der Waals surface area contributed by atoms with Crippen LogP contribution in [0, 0.1) is 17.1 Å². The van der Waals surface area contributed by atoms with Crippen molar-refractivity contribution in [3.63, 3.8) is 0 Å². The van der Waals surface area contributed by atoms with Gasteiger partial charge in [0.15, 0.2) is 0 Å². The number of rotatable bonds is 4. The zero-order chi connectivity index (χ0) is 20.2. The van der Waals surface area contributed by atoms with E-state index in [9.17, 15) is 14.4 Å². The molecular weight excluding hydrogens is 371 g/mol. The van der Waals surface area contributed by atoms with Crippen LogP contribution in [0.1, 0.15) is 0 Å². The number of aromatic amines is 1. The average molecular weight is 390 g/mol. The van der Waals surface area contributed by atoms with Crippen LogP contribution in [0.15, 0.2) is 60.4 Å². The molecule has 0 saturated carbocycles. The third kappa shape index (κ3) is 4.04. The molecule has 4 rings (SSSR count). The lowest BCUT2D eigenvalue weighted by Gasteiger charge is -2.36. The minimum absolute atomic E-state index is 0.0462. The largest absolute Gasteiger partial charge is 0.368 e. The molecule has 29 heavy (non-hydrogen) atoms. The van der Waals surface area contributed by atoms with Gasteiger partial charge >= 0.3 is 0 Å². The van der Waals surface area contributed by atoms with Crippen LogP contribution in [0.25, 0.3) is 10.9 Å². The van der Waals surface area contributed by atoms with Crippen molar-refractivity contribution in [2.75, 3.05) is 36.4 Å². The maximum absolute atomic E-state index is 13.1. The molecule has 2 N–H and O–H groups in total. The fraction of sp³-hybridized carbons (Fsp3) is 0.190. The van der Waals surface area contributed by atoms with E-state index >= 15 is 0 Å². The maximum atomic E-state index is 13.1. The first kappa shape index (κ1) is 18.5. The van der Waals surface area contributed by atoms with Crippen LogP contribution in [0.4, 0.5) is 15.8 Å². The highest BCUT2D eigenvalue weighted by Crippen LogP contribution is 2.19. The summed E-state index contributed by atoms with van der Waals surface area (Å²) in [6, 6.07) is 13.9. The maximum Gasteiger partial charge on any atom is 0.266 e. The zero-order valence-corrected chi connectivity index (χ0v) is 15.6. The number of H-pyrrole nitrogens is 1. The summed E-state index contributed by atoms with van der Waals surface area (Å²) in [5, 5.41) is 20.3. The van der Waals surface area contributed by atoms with Gasteiger partial charge < -0.3 is 15.1 Å². The number of hydrogen-bond donors (Lipinski definition) is 2. The molecule has 2 aromatic carbocycles. The number of carbonyl (C=O) groups excluding carboxylic acids is 1. The van der Waals surface area contributed by atoms with Gasteiger partial charge in [-0.1, -0.05) is 0 Å². The quantitative estimate of drug-likeness (QED) is 0.528. The molecule has 3 aromatic rings. The first-order chi connectivity index (χ1) is 14.1. The molecule has 1 aromatic heterocycles. The number of piperazine rings is 1. The van der Waals surface area contributed by atoms with E-state index < -0.39 is 0 Å². The summed E-state index contributed by atoms with van der Waals surface area (Å²) < 4.78 is 13.1. The average Bonchev–Trinajstić information content (AvgIpc) is 3.23. The summed E-state index contributed by atoms with van der Waals surface area (Å²) in [7, 11) is 0. The second-order valence-corrected chi connectivity index (χ2v) is 6.74. The molecule has 8 heteroatoms. The van der Waals surface area contributed by atoms with Crippen LogP contribution in [0.5, 0.6) is 0 Å². The first-order valence-electron chi connectivity index (χ1n) is 9.24. The molecule has 0 aliphatic carbocycles. The van der Waals surface area contributed by atoms with Crippen LogP contribution < -0.4 is 10.2 Å². The van der Waals surface area contributed by atoms with Gasteiger partial charge in [0.05, 0.1) is 11.7 Å². The Balaban J connectivity index is 1.39. The number of hydrogen-bond acceptors (Lipinski definition) is 5. The minimum atomic E-state index is -0.304. The lowest BCUT2D eigenvalue weighted by atomic mass is 10.2. The van der Waals surface area contributed by atoms with Crippen molar-refractivity contribution in [3.05, 3.63) is 66.3 Å². The molecule has 1 saturated heterocycles. The Bertz CT molecular complexity index is 1090. The smallest absolute Gasteiger partial charge is 0.266 e. The van der Waals surface area contributed by atoms with Crippen molar-refractivity contribution >= 4 is 28.2 Å². The Hall–Kier alpha value is -3.86. The van der Waals surface area contributed by atoms with Crippen LogP contribution in [0.3, 0.4) is 0 Å². The molecule has 0 spiro atoms. The highest BCUT2D eigenvalue weighted by molar-refractivity contribution is 5.97. The Morgan fingerprint density at radius 3 is 2.66 bits per heavy atom. The molecule has 0 bridgehead atoms. The summed E-state index contributed by atoms with van der Waals surface area (Å²) >= 11 is 0. The molecule has 7 nitrogen and oxygen atoms in total. The number of nitrogens with one attached hydrogen (secondary N) is 2. The molecule has 2 heterocycles. The topological polar surface area (TPSA) is 88.0 Å². The lowest BCUT2D eigenvalue weighted by molar-refractivity contribution is -0.127. The number of fused-ring (bicyclic) bond motifs is 1. The Kier molecular flexibility index (Phi) is 5.12. The van der Waals surface area contributed by atoms with Crippen molar-refractivity contribution in [1.29, 1.82) is 5.26 Å². The zero-order valence-electron chi connectivity index (χ0n) is 15.6. The van der Waals surface area contributed by atoms with E-state index in [1.807, 2.05) is 24.3 Å². The lowest BCUT2D eigenvalue weighted by Crippen LogP contribution is -2.49. The summed E-state index contributed by atoms with van der Waals surface area (Å²) in [4.78, 5) is 16.5. The number of halogens is 1. The van der Waals surface area contributed by atoms with Crippen molar-refractivity contribution in [3.8, 4) is 6.07 Å².